The van der Waals surface area contributed by atoms with Crippen molar-refractivity contribution in [2.24, 2.45) is 0 Å². The molecule has 0 fully saturated rings. The molecule has 0 spiro atoms. The van der Waals surface area contributed by atoms with Gasteiger partial charge >= 0.3 is 0 Å². The predicted molar refractivity (Wildman–Crippen MR) is 66.2 cm³/mol. The van der Waals surface area contributed by atoms with Crippen LogP contribution >= 0.6 is 0 Å². The number of hydrogen-bond donors (Lipinski definition) is 0. The maximum Gasteiger partial charge on any atom is 0.0438 e. The van der Waals surface area contributed by atoms with Gasteiger partial charge in [-0.15, -0.1) is 0 Å². The Balaban J connectivity index is 2.77. The third-order valence-electron chi connectivity index (χ3n) is 2.93. The summed E-state index contributed by atoms with van der Waals surface area (Å²) < 4.78 is 0. The molecule has 0 atom stereocenters. The average Bonchev–Trinajstić information content (AvgIpc) is 2.25. The highest BCUT2D eigenvalue weighted by Crippen LogP contribution is 2.16. The van der Waals surface area contributed by atoms with Gasteiger partial charge in [0.15, 0.2) is 0 Å². The Kier molecular flexibility index (Phi) is 5.38. The monoisotopic (exact) mass is 205 g/mol. The van der Waals surface area contributed by atoms with Crippen LogP contribution in [0.15, 0.2) is 12.3 Å². The molecule has 0 amide bonds. The van der Waals surface area contributed by atoms with Crippen molar-refractivity contribution in [3.8, 4) is 0 Å². The summed E-state index contributed by atoms with van der Waals surface area (Å²) in [5, 5.41) is 0. The van der Waals surface area contributed by atoms with Crippen molar-refractivity contribution in [2.75, 3.05) is 0 Å². The first kappa shape index (κ1) is 12.2. The summed E-state index contributed by atoms with van der Waals surface area (Å²) in [6, 6.07) is 2.14. The van der Waals surface area contributed by atoms with Crippen LogP contribution in [-0.4, -0.2) is 4.98 Å². The summed E-state index contributed by atoms with van der Waals surface area (Å²) in [5.74, 6) is 0. The number of aryl methyl sites for hydroxylation is 2. The Labute approximate surface area is 93.9 Å². The van der Waals surface area contributed by atoms with E-state index in [1.54, 1.807) is 0 Å². The van der Waals surface area contributed by atoms with Crippen molar-refractivity contribution in [1.82, 2.24) is 4.98 Å². The van der Waals surface area contributed by atoms with Crippen LogP contribution in [0.4, 0.5) is 0 Å². The van der Waals surface area contributed by atoms with Crippen LogP contribution in [0.5, 0.6) is 0 Å². The highest BCUT2D eigenvalue weighted by molar-refractivity contribution is 5.29. The standard InChI is InChI=1S/C14H23N/c1-4-6-8-13-12(3)10-11-15-14(13)9-7-5-2/h10-11H,4-9H2,1-3H3. The van der Waals surface area contributed by atoms with Crippen molar-refractivity contribution in [3.63, 3.8) is 0 Å². The van der Waals surface area contributed by atoms with Crippen molar-refractivity contribution >= 4 is 0 Å². The molecular formula is C14H23N. The van der Waals surface area contributed by atoms with E-state index in [0.717, 1.165) is 6.42 Å². The number of hydrogen-bond acceptors (Lipinski definition) is 1. The number of nitrogens with zero attached hydrogens (tertiary/aromatic N) is 1. The molecule has 1 aromatic heterocycles. The SMILES string of the molecule is CCCCc1nccc(C)c1CCCC. The smallest absolute Gasteiger partial charge is 0.0438 e. The molecule has 0 bridgehead atoms. The molecule has 0 N–H and O–H groups in total. The lowest BCUT2D eigenvalue weighted by molar-refractivity contribution is 0.737. The molecule has 84 valence electrons. The minimum absolute atomic E-state index is 1.15. The molecule has 1 rings (SSSR count). The van der Waals surface area contributed by atoms with Crippen molar-refractivity contribution in [3.05, 3.63) is 29.1 Å². The highest BCUT2D eigenvalue weighted by Gasteiger charge is 2.05. The fourth-order valence-electron chi connectivity index (χ4n) is 1.90. The lowest BCUT2D eigenvalue weighted by Gasteiger charge is -2.10. The molecule has 0 aromatic carbocycles. The topological polar surface area (TPSA) is 12.9 Å². The van der Waals surface area contributed by atoms with Crippen molar-refractivity contribution in [2.45, 2.75) is 59.3 Å². The van der Waals surface area contributed by atoms with Gasteiger partial charge in [0, 0.05) is 11.9 Å². The summed E-state index contributed by atoms with van der Waals surface area (Å²) >= 11 is 0. The number of aromatic nitrogens is 1. The zero-order chi connectivity index (χ0) is 11.1. The van der Waals surface area contributed by atoms with Crippen LogP contribution in [0.3, 0.4) is 0 Å². The van der Waals surface area contributed by atoms with Gasteiger partial charge < -0.3 is 0 Å². The van der Waals surface area contributed by atoms with E-state index in [2.05, 4.69) is 31.8 Å². The molecule has 0 aliphatic heterocycles. The molecule has 0 unspecified atom stereocenters. The molecule has 0 saturated heterocycles. The number of pyridine rings is 1. The molecule has 0 saturated carbocycles. The molecule has 1 nitrogen and oxygen atoms in total. The molecule has 1 heterocycles. The van der Waals surface area contributed by atoms with Crippen LogP contribution in [-0.2, 0) is 12.8 Å². The fourth-order valence-corrected chi connectivity index (χ4v) is 1.90. The normalized spacial score (nSPS) is 10.6. The number of rotatable bonds is 6. The van der Waals surface area contributed by atoms with Gasteiger partial charge in [0.1, 0.15) is 0 Å². The molecule has 0 radical (unpaired) electrons. The van der Waals surface area contributed by atoms with Gasteiger partial charge in [-0.2, -0.15) is 0 Å². The van der Waals surface area contributed by atoms with Gasteiger partial charge in [-0.05, 0) is 49.8 Å². The lowest BCUT2D eigenvalue weighted by atomic mass is 9.99. The molecule has 1 heteroatoms. The predicted octanol–water partition coefficient (Wildman–Crippen LogP) is 4.08. The Morgan fingerprint density at radius 3 is 2.40 bits per heavy atom. The largest absolute Gasteiger partial charge is 0.261 e. The van der Waals surface area contributed by atoms with Crippen LogP contribution in [0, 0.1) is 6.92 Å². The van der Waals surface area contributed by atoms with E-state index in [1.165, 1.54) is 48.9 Å². The number of unbranched alkanes of at least 4 members (excludes halogenated alkanes) is 2. The summed E-state index contributed by atoms with van der Waals surface area (Å²) in [6.45, 7) is 6.70. The highest BCUT2D eigenvalue weighted by atomic mass is 14.7. The van der Waals surface area contributed by atoms with Gasteiger partial charge in [-0.1, -0.05) is 26.7 Å². The summed E-state index contributed by atoms with van der Waals surface area (Å²) in [7, 11) is 0. The second kappa shape index (κ2) is 6.60. The van der Waals surface area contributed by atoms with Gasteiger partial charge in [0.25, 0.3) is 0 Å². The third kappa shape index (κ3) is 3.65. The molecule has 15 heavy (non-hydrogen) atoms. The summed E-state index contributed by atoms with van der Waals surface area (Å²) in [6.07, 6.45) is 9.37. The average molecular weight is 205 g/mol. The lowest BCUT2D eigenvalue weighted by Crippen LogP contribution is -2.01. The summed E-state index contributed by atoms with van der Waals surface area (Å²) in [4.78, 5) is 4.53. The van der Waals surface area contributed by atoms with E-state index in [0.29, 0.717) is 0 Å². The second-order valence-corrected chi connectivity index (χ2v) is 4.26. The Morgan fingerprint density at radius 1 is 1.07 bits per heavy atom. The van der Waals surface area contributed by atoms with Crippen LogP contribution in [0.25, 0.3) is 0 Å². The maximum absolute atomic E-state index is 4.53. The summed E-state index contributed by atoms with van der Waals surface area (Å²) in [5.41, 5.74) is 4.27. The first-order chi connectivity index (χ1) is 7.29. The molecular weight excluding hydrogens is 182 g/mol. The Bertz CT molecular complexity index is 291. The third-order valence-corrected chi connectivity index (χ3v) is 2.93. The van der Waals surface area contributed by atoms with E-state index >= 15 is 0 Å². The zero-order valence-electron chi connectivity index (χ0n) is 10.3. The first-order valence-electron chi connectivity index (χ1n) is 6.23. The first-order valence-corrected chi connectivity index (χ1v) is 6.23. The van der Waals surface area contributed by atoms with E-state index in [9.17, 15) is 0 Å². The van der Waals surface area contributed by atoms with E-state index in [4.69, 9.17) is 0 Å². The quantitative estimate of drug-likeness (QED) is 0.682. The van der Waals surface area contributed by atoms with Crippen LogP contribution in [0.1, 0.15) is 56.4 Å². The zero-order valence-corrected chi connectivity index (χ0v) is 10.3. The maximum atomic E-state index is 4.53. The minimum atomic E-state index is 1.15. The minimum Gasteiger partial charge on any atom is -0.261 e. The fraction of sp³-hybridized carbons (Fsp3) is 0.643. The van der Waals surface area contributed by atoms with Gasteiger partial charge in [-0.3, -0.25) is 4.98 Å². The van der Waals surface area contributed by atoms with Crippen LogP contribution in [0.2, 0.25) is 0 Å². The van der Waals surface area contributed by atoms with E-state index in [1.807, 2.05) is 6.20 Å². The van der Waals surface area contributed by atoms with Gasteiger partial charge in [0.2, 0.25) is 0 Å². The molecule has 0 aliphatic rings. The van der Waals surface area contributed by atoms with Gasteiger partial charge in [0.05, 0.1) is 0 Å². The van der Waals surface area contributed by atoms with E-state index < -0.39 is 0 Å². The van der Waals surface area contributed by atoms with Crippen molar-refractivity contribution < 1.29 is 0 Å². The van der Waals surface area contributed by atoms with Crippen LogP contribution < -0.4 is 0 Å². The van der Waals surface area contributed by atoms with Crippen molar-refractivity contribution in [1.29, 1.82) is 0 Å². The molecule has 0 aliphatic carbocycles. The van der Waals surface area contributed by atoms with Gasteiger partial charge in [-0.25, -0.2) is 0 Å². The Morgan fingerprint density at radius 2 is 1.73 bits per heavy atom. The van der Waals surface area contributed by atoms with E-state index in [-0.39, 0.29) is 0 Å². The second-order valence-electron chi connectivity index (χ2n) is 4.26. The Hall–Kier alpha value is -0.850. The molecule has 1 aromatic rings.